The van der Waals surface area contributed by atoms with Gasteiger partial charge >= 0.3 is 0 Å². The Morgan fingerprint density at radius 1 is 0.926 bits per heavy atom. The number of hydrogen-bond donors (Lipinski definition) is 0. The fourth-order valence-corrected chi connectivity index (χ4v) is 3.70. The zero-order valence-electron chi connectivity index (χ0n) is 17.0. The molecule has 1 aliphatic carbocycles. The van der Waals surface area contributed by atoms with E-state index in [4.69, 9.17) is 4.74 Å². The highest BCUT2D eigenvalue weighted by atomic mass is 19.2. The second-order valence-electron chi connectivity index (χ2n) is 7.78. The van der Waals surface area contributed by atoms with E-state index in [1.165, 1.54) is 57.1 Å². The molecule has 0 unspecified atom stereocenters. The van der Waals surface area contributed by atoms with E-state index in [2.05, 4.69) is 18.8 Å². The lowest BCUT2D eigenvalue weighted by Gasteiger charge is -2.25. The van der Waals surface area contributed by atoms with Crippen molar-refractivity contribution in [3.63, 3.8) is 0 Å². The van der Waals surface area contributed by atoms with E-state index < -0.39 is 11.6 Å². The van der Waals surface area contributed by atoms with Crippen LogP contribution in [0.1, 0.15) is 90.0 Å². The van der Waals surface area contributed by atoms with Gasteiger partial charge in [-0.3, -0.25) is 0 Å². The minimum Gasteiger partial charge on any atom is -0.490 e. The molecule has 0 bridgehead atoms. The lowest BCUT2D eigenvalue weighted by atomic mass is 9.80. The third kappa shape index (κ3) is 7.17. The first-order chi connectivity index (χ1) is 13.2. The summed E-state index contributed by atoms with van der Waals surface area (Å²) < 4.78 is 33.6. The Morgan fingerprint density at radius 3 is 2.37 bits per heavy atom. The summed E-state index contributed by atoms with van der Waals surface area (Å²) in [6, 6.07) is 3.03. The Kier molecular flexibility index (Phi) is 9.67. The van der Waals surface area contributed by atoms with Crippen LogP contribution in [-0.2, 0) is 0 Å². The van der Waals surface area contributed by atoms with Crippen LogP contribution in [0.5, 0.6) is 5.75 Å². The Balaban J connectivity index is 1.84. The molecule has 1 fully saturated rings. The van der Waals surface area contributed by atoms with Crippen LogP contribution < -0.4 is 4.74 Å². The molecule has 0 N–H and O–H groups in total. The molecule has 0 aliphatic heterocycles. The normalized spacial score (nSPS) is 19.4. The Morgan fingerprint density at radius 2 is 1.67 bits per heavy atom. The highest BCUT2D eigenvalue weighted by Gasteiger charge is 2.20. The average Bonchev–Trinajstić information content (AvgIpc) is 2.69. The second-order valence-corrected chi connectivity index (χ2v) is 7.78. The molecule has 0 radical (unpaired) electrons. The molecule has 2 rings (SSSR count). The Labute approximate surface area is 163 Å². The summed E-state index contributed by atoms with van der Waals surface area (Å²) in [4.78, 5) is 0. The van der Waals surface area contributed by atoms with E-state index in [-0.39, 0.29) is 11.3 Å². The molecule has 1 saturated carbocycles. The number of rotatable bonds is 9. The van der Waals surface area contributed by atoms with Gasteiger partial charge in [0.15, 0.2) is 11.6 Å². The van der Waals surface area contributed by atoms with Crippen molar-refractivity contribution >= 4 is 0 Å². The third-order valence-corrected chi connectivity index (χ3v) is 5.53. The Bertz CT molecular complexity index is 621. The lowest BCUT2D eigenvalue weighted by Crippen LogP contribution is -2.13. The Hall–Kier alpha value is -1.56. The first kappa shape index (κ1) is 21.7. The molecule has 1 aliphatic rings. The molecule has 0 atom stereocenters. The maximum atomic E-state index is 14.2. The van der Waals surface area contributed by atoms with E-state index in [1.807, 2.05) is 6.92 Å². The number of halogens is 2. The maximum Gasteiger partial charge on any atom is 0.201 e. The molecule has 1 aromatic carbocycles. The van der Waals surface area contributed by atoms with Crippen molar-refractivity contribution in [3.05, 3.63) is 29.3 Å². The van der Waals surface area contributed by atoms with Gasteiger partial charge in [0.05, 0.1) is 12.2 Å². The predicted molar refractivity (Wildman–Crippen MR) is 108 cm³/mol. The molecule has 0 spiro atoms. The monoisotopic (exact) mass is 376 g/mol. The van der Waals surface area contributed by atoms with Crippen molar-refractivity contribution < 1.29 is 13.5 Å². The number of hydrogen-bond acceptors (Lipinski definition) is 1. The van der Waals surface area contributed by atoms with Crippen LogP contribution >= 0.6 is 0 Å². The number of unbranched alkanes of at least 4 members (excludes halogenated alkanes) is 4. The zero-order valence-corrected chi connectivity index (χ0v) is 17.0. The summed E-state index contributed by atoms with van der Waals surface area (Å²) in [5, 5.41) is 0. The standard InChI is InChI=1S/C24H34F2O/c1-3-5-7-8-9-19-10-12-20(13-11-19)14-15-21-16-17-22(24(26)23(21)25)27-18-6-4-2/h16-17,19-20H,3-13,18H2,1-2H3. The number of benzene rings is 1. The van der Waals surface area contributed by atoms with E-state index >= 15 is 0 Å². The fraction of sp³-hybridized carbons (Fsp3) is 0.667. The molecule has 3 heteroatoms. The predicted octanol–water partition coefficient (Wildman–Crippen LogP) is 7.27. The fourth-order valence-electron chi connectivity index (χ4n) is 3.70. The molecule has 0 heterocycles. The van der Waals surface area contributed by atoms with Gasteiger partial charge in [0.2, 0.25) is 5.82 Å². The van der Waals surface area contributed by atoms with Crippen molar-refractivity contribution in [1.82, 2.24) is 0 Å². The van der Waals surface area contributed by atoms with Crippen molar-refractivity contribution in [2.24, 2.45) is 11.8 Å². The molecule has 1 aromatic rings. The third-order valence-electron chi connectivity index (χ3n) is 5.53. The van der Waals surface area contributed by atoms with Crippen molar-refractivity contribution in [2.45, 2.75) is 84.5 Å². The van der Waals surface area contributed by atoms with E-state index in [0.717, 1.165) is 31.6 Å². The maximum absolute atomic E-state index is 14.2. The molecular formula is C24H34F2O. The number of ether oxygens (including phenoxy) is 1. The topological polar surface area (TPSA) is 9.23 Å². The van der Waals surface area contributed by atoms with E-state index in [9.17, 15) is 8.78 Å². The summed E-state index contributed by atoms with van der Waals surface area (Å²) in [6.45, 7) is 4.67. The van der Waals surface area contributed by atoms with E-state index in [1.54, 1.807) is 0 Å². The molecule has 0 aromatic heterocycles. The molecule has 0 amide bonds. The van der Waals surface area contributed by atoms with Crippen LogP contribution in [0.4, 0.5) is 8.78 Å². The average molecular weight is 377 g/mol. The van der Waals surface area contributed by atoms with Gasteiger partial charge < -0.3 is 4.74 Å². The molecule has 27 heavy (non-hydrogen) atoms. The first-order valence-electron chi connectivity index (χ1n) is 10.8. The highest BCUT2D eigenvalue weighted by Crippen LogP contribution is 2.32. The summed E-state index contributed by atoms with van der Waals surface area (Å²) in [5.74, 6) is 5.35. The first-order valence-corrected chi connectivity index (χ1v) is 10.8. The summed E-state index contributed by atoms with van der Waals surface area (Å²) in [6.07, 6.45) is 13.0. The van der Waals surface area contributed by atoms with Crippen LogP contribution in [0.2, 0.25) is 0 Å². The van der Waals surface area contributed by atoms with Crippen LogP contribution in [0.25, 0.3) is 0 Å². The molecular weight excluding hydrogens is 342 g/mol. The van der Waals surface area contributed by atoms with Gasteiger partial charge in [0, 0.05) is 5.92 Å². The second kappa shape index (κ2) is 12.0. The van der Waals surface area contributed by atoms with Gasteiger partial charge in [-0.25, -0.2) is 4.39 Å². The summed E-state index contributed by atoms with van der Waals surface area (Å²) in [7, 11) is 0. The van der Waals surface area contributed by atoms with E-state index in [0.29, 0.717) is 12.5 Å². The minimum absolute atomic E-state index is 0.0184. The van der Waals surface area contributed by atoms with Crippen LogP contribution in [0.15, 0.2) is 12.1 Å². The molecule has 150 valence electrons. The summed E-state index contributed by atoms with van der Waals surface area (Å²) in [5.41, 5.74) is 0.136. The molecule has 0 saturated heterocycles. The van der Waals surface area contributed by atoms with Gasteiger partial charge in [-0.15, -0.1) is 0 Å². The highest BCUT2D eigenvalue weighted by molar-refractivity contribution is 5.41. The van der Waals surface area contributed by atoms with Gasteiger partial charge in [0.25, 0.3) is 0 Å². The minimum atomic E-state index is -0.923. The zero-order chi connectivity index (χ0) is 19.5. The van der Waals surface area contributed by atoms with Crippen molar-refractivity contribution in [2.75, 3.05) is 6.61 Å². The van der Waals surface area contributed by atoms with Gasteiger partial charge in [0.1, 0.15) is 0 Å². The smallest absolute Gasteiger partial charge is 0.201 e. The van der Waals surface area contributed by atoms with Crippen LogP contribution in [-0.4, -0.2) is 6.61 Å². The van der Waals surface area contributed by atoms with Crippen molar-refractivity contribution in [3.8, 4) is 17.6 Å². The lowest BCUT2D eigenvalue weighted by molar-refractivity contribution is 0.288. The van der Waals surface area contributed by atoms with Crippen LogP contribution in [0.3, 0.4) is 0 Å². The van der Waals surface area contributed by atoms with Crippen LogP contribution in [0, 0.1) is 35.3 Å². The molecule has 1 nitrogen and oxygen atoms in total. The van der Waals surface area contributed by atoms with Gasteiger partial charge in [-0.2, -0.15) is 4.39 Å². The quantitative estimate of drug-likeness (QED) is 0.325. The van der Waals surface area contributed by atoms with Gasteiger partial charge in [-0.1, -0.05) is 64.2 Å². The largest absolute Gasteiger partial charge is 0.490 e. The van der Waals surface area contributed by atoms with Gasteiger partial charge in [-0.05, 0) is 50.2 Å². The van der Waals surface area contributed by atoms with Crippen molar-refractivity contribution in [1.29, 1.82) is 0 Å². The summed E-state index contributed by atoms with van der Waals surface area (Å²) >= 11 is 0. The SMILES string of the molecule is CCCCCCC1CCC(C#Cc2ccc(OCCCC)c(F)c2F)CC1.